The van der Waals surface area contributed by atoms with Crippen LogP contribution in [-0.4, -0.2) is 34.7 Å². The number of aliphatic hydroxyl groups is 1. The maximum absolute atomic E-state index is 10.3. The zero-order valence-electron chi connectivity index (χ0n) is 19.2. The standard InChI is InChI=1S/C27H43NO/c1-16-5-8-23-17(2)25-24(28(23)15-16)14-22-20-7-6-18-13-19(29)9-11-26(18,3)21(20)10-12-27(22,25)4/h6,16-17,19-25,29H,5,7-15H2,1-4H3/t16-,17+,19+,20+,21-,22+,23+,24-,25-,26-,27-/m0/s1. The lowest BCUT2D eigenvalue weighted by Crippen LogP contribution is -2.51. The highest BCUT2D eigenvalue weighted by Crippen LogP contribution is 2.69. The summed E-state index contributed by atoms with van der Waals surface area (Å²) in [5.41, 5.74) is 2.58. The summed E-state index contributed by atoms with van der Waals surface area (Å²) in [5, 5.41) is 10.3. The average molecular weight is 398 g/mol. The van der Waals surface area contributed by atoms with E-state index in [0.717, 1.165) is 60.4 Å². The summed E-state index contributed by atoms with van der Waals surface area (Å²) in [6.45, 7) is 11.8. The van der Waals surface area contributed by atoms with Crippen LogP contribution in [0.5, 0.6) is 0 Å². The van der Waals surface area contributed by atoms with Gasteiger partial charge in [0.15, 0.2) is 0 Å². The van der Waals surface area contributed by atoms with Gasteiger partial charge in [0.2, 0.25) is 0 Å². The maximum Gasteiger partial charge on any atom is 0.0577 e. The fourth-order valence-electron chi connectivity index (χ4n) is 10.4. The van der Waals surface area contributed by atoms with Crippen molar-refractivity contribution in [3.05, 3.63) is 11.6 Å². The summed E-state index contributed by atoms with van der Waals surface area (Å²) >= 11 is 0. The van der Waals surface area contributed by atoms with E-state index in [1.54, 1.807) is 5.57 Å². The molecule has 6 aliphatic rings. The Morgan fingerprint density at radius 3 is 2.66 bits per heavy atom. The minimum absolute atomic E-state index is 0.0792. The van der Waals surface area contributed by atoms with E-state index in [9.17, 15) is 5.11 Å². The molecule has 0 aromatic heterocycles. The van der Waals surface area contributed by atoms with Gasteiger partial charge in [0, 0.05) is 18.6 Å². The van der Waals surface area contributed by atoms with E-state index in [2.05, 4.69) is 38.7 Å². The fraction of sp³-hybridized carbons (Fsp3) is 0.926. The Morgan fingerprint density at radius 2 is 1.83 bits per heavy atom. The SMILES string of the molecule is C[C@H]1CC[C@@H]2[C@@H](C)[C@H]3[C@H](C[C@@H]4[C@@H]5CC=C6C[C@H](O)CC[C@]6(C)[C@H]5CC[C@]34C)N2C1. The molecular formula is C27H43NO. The maximum atomic E-state index is 10.3. The number of piperidine rings is 1. The van der Waals surface area contributed by atoms with Gasteiger partial charge >= 0.3 is 0 Å². The third-order valence-corrected chi connectivity index (χ3v) is 11.7. The van der Waals surface area contributed by atoms with Crippen LogP contribution >= 0.6 is 0 Å². The predicted molar refractivity (Wildman–Crippen MR) is 118 cm³/mol. The molecule has 6 rings (SSSR count). The summed E-state index contributed by atoms with van der Waals surface area (Å²) in [4.78, 5) is 3.02. The third-order valence-electron chi connectivity index (χ3n) is 11.7. The number of nitrogens with zero attached hydrogens (tertiary/aromatic N) is 1. The second-order valence-electron chi connectivity index (χ2n) is 12.8. The average Bonchev–Trinajstić information content (AvgIpc) is 3.15. The van der Waals surface area contributed by atoms with E-state index < -0.39 is 0 Å². The molecule has 3 saturated carbocycles. The van der Waals surface area contributed by atoms with Gasteiger partial charge in [0.05, 0.1) is 6.10 Å². The molecule has 2 saturated heterocycles. The first-order chi connectivity index (χ1) is 13.8. The number of rotatable bonds is 0. The topological polar surface area (TPSA) is 23.5 Å². The van der Waals surface area contributed by atoms with Crippen molar-refractivity contribution in [2.75, 3.05) is 6.54 Å². The van der Waals surface area contributed by atoms with Gasteiger partial charge in [-0.3, -0.25) is 4.90 Å². The van der Waals surface area contributed by atoms with Crippen molar-refractivity contribution in [1.29, 1.82) is 0 Å². The first-order valence-electron chi connectivity index (χ1n) is 13.0. The molecule has 11 atom stereocenters. The lowest BCUT2D eigenvalue weighted by molar-refractivity contribution is -0.0574. The van der Waals surface area contributed by atoms with Crippen LogP contribution in [-0.2, 0) is 0 Å². The molecule has 0 unspecified atom stereocenters. The Balaban J connectivity index is 1.33. The van der Waals surface area contributed by atoms with Gasteiger partial charge in [0.25, 0.3) is 0 Å². The lowest BCUT2D eigenvalue weighted by Gasteiger charge is -2.58. The molecule has 2 heteroatoms. The summed E-state index contributed by atoms with van der Waals surface area (Å²) in [7, 11) is 0. The monoisotopic (exact) mass is 397 g/mol. The van der Waals surface area contributed by atoms with Gasteiger partial charge in [-0.25, -0.2) is 0 Å². The summed E-state index contributed by atoms with van der Waals surface area (Å²) in [6.07, 6.45) is 14.3. The van der Waals surface area contributed by atoms with Crippen molar-refractivity contribution >= 4 is 0 Å². The number of hydrogen-bond donors (Lipinski definition) is 1. The molecule has 2 heterocycles. The van der Waals surface area contributed by atoms with E-state index in [1.807, 2.05) is 0 Å². The van der Waals surface area contributed by atoms with Crippen LogP contribution in [0.2, 0.25) is 0 Å². The van der Waals surface area contributed by atoms with Crippen molar-refractivity contribution in [3.8, 4) is 0 Å². The number of allylic oxidation sites excluding steroid dienone is 1. The Bertz CT molecular complexity index is 715. The molecule has 1 N–H and O–H groups in total. The molecule has 0 spiro atoms. The normalized spacial score (nSPS) is 59.2. The Morgan fingerprint density at radius 1 is 1.00 bits per heavy atom. The second-order valence-corrected chi connectivity index (χ2v) is 12.8. The summed E-state index contributed by atoms with van der Waals surface area (Å²) < 4.78 is 0. The van der Waals surface area contributed by atoms with E-state index >= 15 is 0 Å². The predicted octanol–water partition coefficient (Wildman–Crippen LogP) is 5.66. The van der Waals surface area contributed by atoms with Crippen LogP contribution < -0.4 is 0 Å². The summed E-state index contributed by atoms with van der Waals surface area (Å²) in [6, 6.07) is 1.75. The van der Waals surface area contributed by atoms with Crippen molar-refractivity contribution in [2.24, 2.45) is 46.3 Å². The highest BCUT2D eigenvalue weighted by molar-refractivity contribution is 5.26. The lowest BCUT2D eigenvalue weighted by atomic mass is 9.47. The largest absolute Gasteiger partial charge is 0.393 e. The zero-order chi connectivity index (χ0) is 20.1. The molecule has 162 valence electrons. The van der Waals surface area contributed by atoms with Gasteiger partial charge in [-0.1, -0.05) is 39.3 Å². The molecule has 0 bridgehead atoms. The molecule has 2 aliphatic heterocycles. The van der Waals surface area contributed by atoms with Crippen LogP contribution in [0.1, 0.15) is 85.5 Å². The molecule has 0 aromatic carbocycles. The minimum atomic E-state index is -0.0792. The molecule has 4 aliphatic carbocycles. The molecule has 0 aromatic rings. The van der Waals surface area contributed by atoms with Crippen LogP contribution in [0.3, 0.4) is 0 Å². The van der Waals surface area contributed by atoms with Crippen LogP contribution in [0.25, 0.3) is 0 Å². The van der Waals surface area contributed by atoms with Crippen LogP contribution in [0.15, 0.2) is 11.6 Å². The van der Waals surface area contributed by atoms with Crippen molar-refractivity contribution in [3.63, 3.8) is 0 Å². The highest BCUT2D eigenvalue weighted by Gasteiger charge is 2.66. The smallest absolute Gasteiger partial charge is 0.0577 e. The minimum Gasteiger partial charge on any atom is -0.393 e. The molecule has 2 nitrogen and oxygen atoms in total. The number of aliphatic hydroxyl groups excluding tert-OH is 1. The Hall–Kier alpha value is -0.340. The second kappa shape index (κ2) is 6.35. The van der Waals surface area contributed by atoms with Gasteiger partial charge in [-0.05, 0) is 104 Å². The van der Waals surface area contributed by atoms with E-state index in [0.29, 0.717) is 10.8 Å². The highest BCUT2D eigenvalue weighted by atomic mass is 16.3. The van der Waals surface area contributed by atoms with Crippen LogP contribution in [0.4, 0.5) is 0 Å². The van der Waals surface area contributed by atoms with Crippen molar-refractivity contribution in [1.82, 2.24) is 4.90 Å². The van der Waals surface area contributed by atoms with E-state index in [-0.39, 0.29) is 6.10 Å². The van der Waals surface area contributed by atoms with E-state index in [4.69, 9.17) is 0 Å². The van der Waals surface area contributed by atoms with Crippen LogP contribution in [0, 0.1) is 46.3 Å². The van der Waals surface area contributed by atoms with Gasteiger partial charge in [-0.15, -0.1) is 0 Å². The van der Waals surface area contributed by atoms with Gasteiger partial charge < -0.3 is 5.11 Å². The quantitative estimate of drug-likeness (QED) is 0.534. The Labute approximate surface area is 178 Å². The van der Waals surface area contributed by atoms with Gasteiger partial charge in [0.1, 0.15) is 0 Å². The molecule has 0 radical (unpaired) electrons. The molecular weight excluding hydrogens is 354 g/mol. The molecule has 0 amide bonds. The van der Waals surface area contributed by atoms with Crippen molar-refractivity contribution < 1.29 is 5.11 Å². The molecule has 5 fully saturated rings. The zero-order valence-corrected chi connectivity index (χ0v) is 19.2. The number of hydrogen-bond acceptors (Lipinski definition) is 2. The Kier molecular flexibility index (Phi) is 4.23. The fourth-order valence-corrected chi connectivity index (χ4v) is 10.4. The van der Waals surface area contributed by atoms with Gasteiger partial charge in [-0.2, -0.15) is 0 Å². The first-order valence-corrected chi connectivity index (χ1v) is 13.0. The van der Waals surface area contributed by atoms with E-state index in [1.165, 1.54) is 51.5 Å². The molecule has 29 heavy (non-hydrogen) atoms. The summed E-state index contributed by atoms with van der Waals surface area (Å²) in [5.74, 6) is 5.44. The third kappa shape index (κ3) is 2.48. The first kappa shape index (κ1) is 19.4. The number of fused-ring (bicyclic) bond motifs is 9. The van der Waals surface area contributed by atoms with Crippen molar-refractivity contribution in [2.45, 2.75) is 104 Å².